The van der Waals surface area contributed by atoms with Crippen LogP contribution < -0.4 is 0 Å². The fraction of sp³-hybridized carbons (Fsp3) is 0.500. The number of carboxylic acids is 1. The highest BCUT2D eigenvalue weighted by molar-refractivity contribution is 7.11. The van der Waals surface area contributed by atoms with Crippen molar-refractivity contribution < 1.29 is 27.8 Å². The van der Waals surface area contributed by atoms with Crippen molar-refractivity contribution in [2.45, 2.75) is 19.7 Å². The van der Waals surface area contributed by atoms with Gasteiger partial charge in [-0.25, -0.2) is 9.78 Å². The zero-order valence-corrected chi connectivity index (χ0v) is 8.98. The normalized spacial score (nSPS) is 11.8. The first-order valence-electron chi connectivity index (χ1n) is 4.13. The van der Waals surface area contributed by atoms with E-state index in [0.717, 1.165) is 11.3 Å². The molecule has 0 fully saturated rings. The van der Waals surface area contributed by atoms with Crippen molar-refractivity contribution in [2.75, 3.05) is 6.61 Å². The van der Waals surface area contributed by atoms with Crippen LogP contribution in [0, 0.1) is 6.92 Å². The molecule has 16 heavy (non-hydrogen) atoms. The molecular weight excluding hydrogens is 247 g/mol. The molecule has 0 atom stereocenters. The van der Waals surface area contributed by atoms with Crippen LogP contribution in [0.1, 0.15) is 20.4 Å². The SMILES string of the molecule is Cc1sc(COCC(F)(F)F)nc1C(=O)O. The molecule has 1 aromatic rings. The third kappa shape index (κ3) is 3.78. The fourth-order valence-corrected chi connectivity index (χ4v) is 1.83. The summed E-state index contributed by atoms with van der Waals surface area (Å²) in [6.07, 6.45) is -4.39. The van der Waals surface area contributed by atoms with Gasteiger partial charge in [0, 0.05) is 4.88 Å². The largest absolute Gasteiger partial charge is 0.476 e. The van der Waals surface area contributed by atoms with E-state index >= 15 is 0 Å². The van der Waals surface area contributed by atoms with E-state index in [1.54, 1.807) is 0 Å². The number of thiazole rings is 1. The molecule has 0 saturated carbocycles. The van der Waals surface area contributed by atoms with Crippen molar-refractivity contribution in [2.24, 2.45) is 0 Å². The van der Waals surface area contributed by atoms with Gasteiger partial charge in [0.05, 0.1) is 6.61 Å². The van der Waals surface area contributed by atoms with Crippen LogP contribution in [-0.4, -0.2) is 28.8 Å². The number of ether oxygens (including phenoxy) is 1. The second-order valence-electron chi connectivity index (χ2n) is 2.93. The summed E-state index contributed by atoms with van der Waals surface area (Å²) < 4.78 is 39.6. The van der Waals surface area contributed by atoms with Gasteiger partial charge in [0.1, 0.15) is 11.6 Å². The van der Waals surface area contributed by atoms with Crippen LogP contribution in [0.3, 0.4) is 0 Å². The highest BCUT2D eigenvalue weighted by Crippen LogP contribution is 2.20. The van der Waals surface area contributed by atoms with Gasteiger partial charge in [0.25, 0.3) is 0 Å². The average molecular weight is 255 g/mol. The van der Waals surface area contributed by atoms with E-state index < -0.39 is 18.8 Å². The molecule has 1 rings (SSSR count). The number of carboxylic acid groups (broad SMARTS) is 1. The summed E-state index contributed by atoms with van der Waals surface area (Å²) in [5.41, 5.74) is -0.143. The van der Waals surface area contributed by atoms with Gasteiger partial charge < -0.3 is 9.84 Å². The first kappa shape index (κ1) is 12.9. The summed E-state index contributed by atoms with van der Waals surface area (Å²) in [4.78, 5) is 14.7. The lowest BCUT2D eigenvalue weighted by atomic mass is 10.4. The van der Waals surface area contributed by atoms with Crippen LogP contribution in [0.15, 0.2) is 0 Å². The highest BCUT2D eigenvalue weighted by Gasteiger charge is 2.27. The second kappa shape index (κ2) is 4.79. The Kier molecular flexibility index (Phi) is 3.87. The van der Waals surface area contributed by atoms with Crippen LogP contribution in [0.2, 0.25) is 0 Å². The van der Waals surface area contributed by atoms with Crippen molar-refractivity contribution in [1.29, 1.82) is 0 Å². The zero-order chi connectivity index (χ0) is 12.3. The minimum atomic E-state index is -4.39. The quantitative estimate of drug-likeness (QED) is 0.896. The minimum Gasteiger partial charge on any atom is -0.476 e. The van der Waals surface area contributed by atoms with Gasteiger partial charge in [-0.2, -0.15) is 13.2 Å². The maximum atomic E-state index is 11.7. The number of aryl methyl sites for hydroxylation is 1. The number of alkyl halides is 3. The molecule has 0 aliphatic carbocycles. The molecular formula is C8H8F3NO3S. The summed E-state index contributed by atoms with van der Waals surface area (Å²) >= 11 is 1.01. The molecule has 1 heterocycles. The Balaban J connectivity index is 2.56. The Labute approximate surface area is 92.7 Å². The predicted molar refractivity (Wildman–Crippen MR) is 49.5 cm³/mol. The van der Waals surface area contributed by atoms with Crippen LogP contribution in [0.5, 0.6) is 0 Å². The summed E-state index contributed by atoms with van der Waals surface area (Å²) in [5.74, 6) is -1.20. The number of rotatable bonds is 4. The van der Waals surface area contributed by atoms with Crippen molar-refractivity contribution >= 4 is 17.3 Å². The number of halogens is 3. The third-order valence-corrected chi connectivity index (χ3v) is 2.48. The molecule has 0 aliphatic rings. The fourth-order valence-electron chi connectivity index (χ4n) is 0.966. The Bertz CT molecular complexity index is 388. The molecule has 0 spiro atoms. The molecule has 1 N–H and O–H groups in total. The number of hydrogen-bond donors (Lipinski definition) is 1. The van der Waals surface area contributed by atoms with Crippen molar-refractivity contribution in [3.8, 4) is 0 Å². The molecule has 4 nitrogen and oxygen atoms in total. The topological polar surface area (TPSA) is 59.4 Å². The van der Waals surface area contributed by atoms with E-state index in [2.05, 4.69) is 9.72 Å². The summed E-state index contributed by atoms with van der Waals surface area (Å²) in [5, 5.41) is 8.88. The van der Waals surface area contributed by atoms with Gasteiger partial charge >= 0.3 is 12.1 Å². The highest BCUT2D eigenvalue weighted by atomic mass is 32.1. The molecule has 0 amide bonds. The van der Waals surface area contributed by atoms with Crippen LogP contribution in [0.4, 0.5) is 13.2 Å². The lowest BCUT2D eigenvalue weighted by Crippen LogP contribution is -2.16. The van der Waals surface area contributed by atoms with E-state index in [1.165, 1.54) is 6.92 Å². The van der Waals surface area contributed by atoms with Gasteiger partial charge in [0.2, 0.25) is 0 Å². The number of aromatic nitrogens is 1. The molecule has 8 heteroatoms. The zero-order valence-electron chi connectivity index (χ0n) is 8.17. The Morgan fingerprint density at radius 1 is 1.56 bits per heavy atom. The lowest BCUT2D eigenvalue weighted by molar-refractivity contribution is -0.176. The molecule has 0 unspecified atom stereocenters. The van der Waals surface area contributed by atoms with Gasteiger partial charge in [-0.15, -0.1) is 11.3 Å². The first-order chi connectivity index (χ1) is 7.29. The number of hydrogen-bond acceptors (Lipinski definition) is 4. The summed E-state index contributed by atoms with van der Waals surface area (Å²) in [6, 6.07) is 0. The van der Waals surface area contributed by atoms with Crippen LogP contribution in [0.25, 0.3) is 0 Å². The van der Waals surface area contributed by atoms with Gasteiger partial charge in [-0.1, -0.05) is 0 Å². The van der Waals surface area contributed by atoms with Gasteiger partial charge in [-0.05, 0) is 6.92 Å². The van der Waals surface area contributed by atoms with E-state index in [9.17, 15) is 18.0 Å². The average Bonchev–Trinajstić information content (AvgIpc) is 2.44. The molecule has 0 aromatic carbocycles. The first-order valence-corrected chi connectivity index (χ1v) is 4.95. The van der Waals surface area contributed by atoms with Crippen molar-refractivity contribution in [3.63, 3.8) is 0 Å². The Morgan fingerprint density at radius 3 is 2.62 bits per heavy atom. The molecule has 90 valence electrons. The predicted octanol–water partition coefficient (Wildman–Crippen LogP) is 2.23. The van der Waals surface area contributed by atoms with E-state index in [0.29, 0.717) is 4.88 Å². The van der Waals surface area contributed by atoms with E-state index in [1.807, 2.05) is 0 Å². The lowest BCUT2D eigenvalue weighted by Gasteiger charge is -2.05. The molecule has 0 saturated heterocycles. The van der Waals surface area contributed by atoms with Crippen LogP contribution in [-0.2, 0) is 11.3 Å². The Hall–Kier alpha value is -1.15. The number of aromatic carboxylic acids is 1. The monoisotopic (exact) mass is 255 g/mol. The standard InChI is InChI=1S/C8H8F3NO3S/c1-4-6(7(13)14)12-5(16-4)2-15-3-8(9,10)11/h2-3H2,1H3,(H,13,14). The molecule has 1 aromatic heterocycles. The molecule has 0 bridgehead atoms. The summed E-state index contributed by atoms with van der Waals surface area (Å²) in [6.45, 7) is -0.166. The molecule has 0 radical (unpaired) electrons. The minimum absolute atomic E-state index is 0.143. The maximum absolute atomic E-state index is 11.7. The van der Waals surface area contributed by atoms with Gasteiger partial charge in [0.15, 0.2) is 5.69 Å². The maximum Gasteiger partial charge on any atom is 0.411 e. The number of nitrogens with zero attached hydrogens (tertiary/aromatic N) is 1. The second-order valence-corrected chi connectivity index (χ2v) is 4.21. The number of carbonyl (C=O) groups is 1. The van der Waals surface area contributed by atoms with E-state index in [-0.39, 0.29) is 17.3 Å². The smallest absolute Gasteiger partial charge is 0.411 e. The van der Waals surface area contributed by atoms with E-state index in [4.69, 9.17) is 5.11 Å². The Morgan fingerprint density at radius 2 is 2.19 bits per heavy atom. The summed E-state index contributed by atoms with van der Waals surface area (Å²) in [7, 11) is 0. The van der Waals surface area contributed by atoms with Crippen LogP contribution >= 0.6 is 11.3 Å². The van der Waals surface area contributed by atoms with Gasteiger partial charge in [-0.3, -0.25) is 0 Å². The van der Waals surface area contributed by atoms with Crippen molar-refractivity contribution in [1.82, 2.24) is 4.98 Å². The van der Waals surface area contributed by atoms with Crippen molar-refractivity contribution in [3.05, 3.63) is 15.6 Å². The third-order valence-electron chi connectivity index (χ3n) is 1.53. The molecule has 0 aliphatic heterocycles.